The summed E-state index contributed by atoms with van der Waals surface area (Å²) in [4.78, 5) is 14.8. The van der Waals surface area contributed by atoms with Crippen molar-refractivity contribution in [3.8, 4) is 0 Å². The van der Waals surface area contributed by atoms with Crippen molar-refractivity contribution in [1.29, 1.82) is 0 Å². The smallest absolute Gasteiger partial charge is 0.264 e. The number of rotatable bonds is 2. The highest BCUT2D eigenvalue weighted by Crippen LogP contribution is 2.28. The third-order valence-corrected chi connectivity index (χ3v) is 3.75. The van der Waals surface area contributed by atoms with Crippen LogP contribution in [0.5, 0.6) is 0 Å². The second kappa shape index (κ2) is 3.76. The third kappa shape index (κ3) is 1.53. The molecule has 1 aliphatic rings. The average molecular weight is 229 g/mol. The molecular formula is C13H11NOS. The molecule has 0 saturated heterocycles. The number of thiophene rings is 1. The minimum Gasteiger partial charge on any atom is -0.329 e. The highest BCUT2D eigenvalue weighted by Gasteiger charge is 2.28. The van der Waals surface area contributed by atoms with E-state index in [-0.39, 0.29) is 5.91 Å². The van der Waals surface area contributed by atoms with Gasteiger partial charge in [-0.25, -0.2) is 0 Å². The number of hydrogen-bond donors (Lipinski definition) is 0. The van der Waals surface area contributed by atoms with E-state index in [9.17, 15) is 4.79 Å². The van der Waals surface area contributed by atoms with E-state index in [0.29, 0.717) is 6.54 Å². The molecule has 0 atom stereocenters. The molecule has 0 aliphatic carbocycles. The Morgan fingerprint density at radius 2 is 2.00 bits per heavy atom. The zero-order chi connectivity index (χ0) is 11.0. The third-order valence-electron chi connectivity index (χ3n) is 2.81. The summed E-state index contributed by atoms with van der Waals surface area (Å²) in [6, 6.07) is 12.2. The molecule has 0 N–H and O–H groups in total. The molecular weight excluding hydrogens is 218 g/mol. The van der Waals surface area contributed by atoms with Crippen LogP contribution in [0, 0.1) is 0 Å². The van der Waals surface area contributed by atoms with Gasteiger partial charge in [0, 0.05) is 13.1 Å². The van der Waals surface area contributed by atoms with Crippen molar-refractivity contribution in [2.45, 2.75) is 13.1 Å². The second-order valence-electron chi connectivity index (χ2n) is 3.92. The van der Waals surface area contributed by atoms with Crippen molar-refractivity contribution in [3.63, 3.8) is 0 Å². The Balaban J connectivity index is 1.80. The minimum atomic E-state index is 0.175. The van der Waals surface area contributed by atoms with Crippen LogP contribution in [0.1, 0.15) is 20.8 Å². The molecule has 3 rings (SSSR count). The number of fused-ring (bicyclic) bond motifs is 1. The molecule has 1 aliphatic heterocycles. The zero-order valence-electron chi connectivity index (χ0n) is 8.72. The van der Waals surface area contributed by atoms with E-state index in [1.165, 1.54) is 11.1 Å². The number of benzene rings is 1. The Labute approximate surface area is 98.1 Å². The molecule has 1 aromatic heterocycles. The Morgan fingerprint density at radius 1 is 1.19 bits per heavy atom. The lowest BCUT2D eigenvalue weighted by atomic mass is 10.2. The van der Waals surface area contributed by atoms with E-state index in [1.54, 1.807) is 11.3 Å². The fraction of sp³-hybridized carbons (Fsp3) is 0.154. The van der Waals surface area contributed by atoms with Crippen LogP contribution >= 0.6 is 11.3 Å². The first-order valence-corrected chi connectivity index (χ1v) is 6.12. The summed E-state index contributed by atoms with van der Waals surface area (Å²) in [5.74, 6) is 0.175. The summed E-state index contributed by atoms with van der Waals surface area (Å²) in [6.07, 6.45) is 0. The molecule has 0 saturated carbocycles. The van der Waals surface area contributed by atoms with Crippen molar-refractivity contribution in [3.05, 3.63) is 57.8 Å². The molecule has 3 heteroatoms. The maximum absolute atomic E-state index is 12.0. The molecule has 16 heavy (non-hydrogen) atoms. The Kier molecular flexibility index (Phi) is 2.26. The molecule has 2 heterocycles. The highest BCUT2D eigenvalue weighted by atomic mass is 32.1. The van der Waals surface area contributed by atoms with Gasteiger partial charge in [-0.05, 0) is 22.6 Å². The van der Waals surface area contributed by atoms with E-state index < -0.39 is 0 Å². The molecule has 2 aromatic rings. The lowest BCUT2D eigenvalue weighted by molar-refractivity contribution is 0.0770. The molecule has 1 amide bonds. The van der Waals surface area contributed by atoms with Gasteiger partial charge in [0.2, 0.25) is 0 Å². The van der Waals surface area contributed by atoms with Crippen LogP contribution < -0.4 is 0 Å². The predicted molar refractivity (Wildman–Crippen MR) is 64.3 cm³/mol. The van der Waals surface area contributed by atoms with Gasteiger partial charge in [-0.1, -0.05) is 30.3 Å². The standard InChI is InChI=1S/C13H11NOS/c15-13-12-11(6-7-16-12)9-14(13)8-10-4-2-1-3-5-10/h1-7H,8-9H2. The van der Waals surface area contributed by atoms with Gasteiger partial charge in [0.1, 0.15) is 0 Å². The summed E-state index contributed by atoms with van der Waals surface area (Å²) < 4.78 is 0. The van der Waals surface area contributed by atoms with Crippen LogP contribution in [-0.2, 0) is 13.1 Å². The van der Waals surface area contributed by atoms with Gasteiger partial charge >= 0.3 is 0 Å². The molecule has 1 aromatic carbocycles. The maximum Gasteiger partial charge on any atom is 0.264 e. The van der Waals surface area contributed by atoms with Gasteiger partial charge in [0.05, 0.1) is 4.88 Å². The van der Waals surface area contributed by atoms with E-state index >= 15 is 0 Å². The van der Waals surface area contributed by atoms with E-state index in [4.69, 9.17) is 0 Å². The van der Waals surface area contributed by atoms with Gasteiger partial charge in [-0.15, -0.1) is 11.3 Å². The molecule has 0 bridgehead atoms. The number of nitrogens with zero attached hydrogens (tertiary/aromatic N) is 1. The number of carbonyl (C=O) groups is 1. The van der Waals surface area contributed by atoms with Crippen molar-refractivity contribution >= 4 is 17.2 Å². The maximum atomic E-state index is 12.0. The molecule has 0 unspecified atom stereocenters. The molecule has 0 spiro atoms. The summed E-state index contributed by atoms with van der Waals surface area (Å²) in [6.45, 7) is 1.47. The van der Waals surface area contributed by atoms with E-state index in [2.05, 4.69) is 12.1 Å². The molecule has 80 valence electrons. The number of hydrogen-bond acceptors (Lipinski definition) is 2. The Morgan fingerprint density at radius 3 is 2.75 bits per heavy atom. The Hall–Kier alpha value is -1.61. The van der Waals surface area contributed by atoms with Gasteiger partial charge in [0.15, 0.2) is 0 Å². The van der Waals surface area contributed by atoms with Crippen LogP contribution in [-0.4, -0.2) is 10.8 Å². The zero-order valence-corrected chi connectivity index (χ0v) is 9.54. The van der Waals surface area contributed by atoms with Crippen molar-refractivity contribution in [2.75, 3.05) is 0 Å². The lowest BCUT2D eigenvalue weighted by Crippen LogP contribution is -2.23. The summed E-state index contributed by atoms with van der Waals surface area (Å²) in [7, 11) is 0. The van der Waals surface area contributed by atoms with Gasteiger partial charge in [0.25, 0.3) is 5.91 Å². The molecule has 2 nitrogen and oxygen atoms in total. The number of carbonyl (C=O) groups excluding carboxylic acids is 1. The lowest BCUT2D eigenvalue weighted by Gasteiger charge is -2.15. The first kappa shape index (κ1) is 9.60. The van der Waals surface area contributed by atoms with Crippen LogP contribution in [0.3, 0.4) is 0 Å². The van der Waals surface area contributed by atoms with Crippen LogP contribution in [0.25, 0.3) is 0 Å². The van der Waals surface area contributed by atoms with E-state index in [1.807, 2.05) is 34.5 Å². The van der Waals surface area contributed by atoms with Gasteiger partial charge < -0.3 is 4.90 Å². The summed E-state index contributed by atoms with van der Waals surface area (Å²) >= 11 is 1.54. The molecule has 0 fully saturated rings. The van der Waals surface area contributed by atoms with Crippen molar-refractivity contribution in [2.24, 2.45) is 0 Å². The Bertz CT molecular complexity index is 518. The quantitative estimate of drug-likeness (QED) is 0.775. The van der Waals surface area contributed by atoms with Crippen molar-refractivity contribution < 1.29 is 4.79 Å². The van der Waals surface area contributed by atoms with E-state index in [0.717, 1.165) is 11.4 Å². The fourth-order valence-electron chi connectivity index (χ4n) is 2.00. The van der Waals surface area contributed by atoms with Crippen LogP contribution in [0.15, 0.2) is 41.8 Å². The highest BCUT2D eigenvalue weighted by molar-refractivity contribution is 7.12. The fourth-order valence-corrected chi connectivity index (χ4v) is 2.88. The predicted octanol–water partition coefficient (Wildman–Crippen LogP) is 2.90. The average Bonchev–Trinajstić information content (AvgIpc) is 2.86. The summed E-state index contributed by atoms with van der Waals surface area (Å²) in [5.41, 5.74) is 2.36. The topological polar surface area (TPSA) is 20.3 Å². The van der Waals surface area contributed by atoms with Crippen LogP contribution in [0.2, 0.25) is 0 Å². The normalized spacial score (nSPS) is 14.2. The second-order valence-corrected chi connectivity index (χ2v) is 4.84. The summed E-state index contributed by atoms with van der Waals surface area (Å²) in [5, 5.41) is 1.99. The first-order chi connectivity index (χ1) is 7.84. The monoisotopic (exact) mass is 229 g/mol. The number of amides is 1. The molecule has 0 radical (unpaired) electrons. The SMILES string of the molecule is O=C1c2sccc2CN1Cc1ccccc1. The minimum absolute atomic E-state index is 0.175. The van der Waals surface area contributed by atoms with Gasteiger partial charge in [-0.2, -0.15) is 0 Å². The first-order valence-electron chi connectivity index (χ1n) is 5.24. The van der Waals surface area contributed by atoms with Gasteiger partial charge in [-0.3, -0.25) is 4.79 Å². The van der Waals surface area contributed by atoms with Crippen LogP contribution in [0.4, 0.5) is 0 Å². The van der Waals surface area contributed by atoms with Crippen molar-refractivity contribution in [1.82, 2.24) is 4.90 Å². The largest absolute Gasteiger partial charge is 0.329 e.